The summed E-state index contributed by atoms with van der Waals surface area (Å²) in [5.41, 5.74) is 1.71. The Hall–Kier alpha value is -2.50. The fraction of sp³-hybridized carbons (Fsp3) is 0.500. The number of hydrogen-bond acceptors (Lipinski definition) is 5. The summed E-state index contributed by atoms with van der Waals surface area (Å²) in [5, 5.41) is 9.68. The number of hydrogen-bond donors (Lipinski definition) is 1. The molecule has 1 aliphatic heterocycles. The van der Waals surface area contributed by atoms with E-state index in [9.17, 15) is 14.7 Å². The molecule has 26 heavy (non-hydrogen) atoms. The van der Waals surface area contributed by atoms with Crippen LogP contribution in [0.1, 0.15) is 39.7 Å². The lowest BCUT2D eigenvalue weighted by Gasteiger charge is -2.32. The Morgan fingerprint density at radius 3 is 2.62 bits per heavy atom. The number of benzene rings is 1. The maximum Gasteiger partial charge on any atom is 0.410 e. The minimum Gasteiger partial charge on any atom is -0.508 e. The fourth-order valence-electron chi connectivity index (χ4n) is 2.85. The number of aromatic hydroxyl groups is 1. The topological polar surface area (TPSA) is 76.1 Å². The van der Waals surface area contributed by atoms with Gasteiger partial charge in [0.1, 0.15) is 11.4 Å². The van der Waals surface area contributed by atoms with Gasteiger partial charge in [0.2, 0.25) is 0 Å². The van der Waals surface area contributed by atoms with Crippen molar-refractivity contribution in [3.8, 4) is 5.75 Å². The molecule has 142 valence electrons. The van der Waals surface area contributed by atoms with Gasteiger partial charge in [0.25, 0.3) is 0 Å². The lowest BCUT2D eigenvalue weighted by atomic mass is 9.94. The molecule has 0 bridgehead atoms. The van der Waals surface area contributed by atoms with Gasteiger partial charge in [-0.05, 0) is 63.8 Å². The number of esters is 1. The van der Waals surface area contributed by atoms with Gasteiger partial charge in [0.05, 0.1) is 6.61 Å². The molecule has 0 unspecified atom stereocenters. The molecule has 6 nitrogen and oxygen atoms in total. The predicted molar refractivity (Wildman–Crippen MR) is 97.9 cm³/mol. The Balaban J connectivity index is 2.24. The quantitative estimate of drug-likeness (QED) is 0.832. The zero-order valence-corrected chi connectivity index (χ0v) is 15.9. The highest BCUT2D eigenvalue weighted by atomic mass is 16.6. The second-order valence-electron chi connectivity index (χ2n) is 7.30. The first-order valence-electron chi connectivity index (χ1n) is 8.83. The molecule has 0 atom stereocenters. The van der Waals surface area contributed by atoms with Crippen molar-refractivity contribution in [2.24, 2.45) is 0 Å². The van der Waals surface area contributed by atoms with Gasteiger partial charge >= 0.3 is 12.1 Å². The highest BCUT2D eigenvalue weighted by Crippen LogP contribution is 2.25. The Kier molecular flexibility index (Phi) is 6.29. The van der Waals surface area contributed by atoms with Crippen LogP contribution in [0.3, 0.4) is 0 Å². The lowest BCUT2D eigenvalue weighted by Crippen LogP contribution is -2.42. The zero-order chi connectivity index (χ0) is 19.3. The first-order chi connectivity index (χ1) is 12.2. The van der Waals surface area contributed by atoms with Crippen molar-refractivity contribution < 1.29 is 24.2 Å². The molecule has 1 N–H and O–H groups in total. The molecular weight excluding hydrogens is 334 g/mol. The van der Waals surface area contributed by atoms with E-state index in [1.165, 1.54) is 0 Å². The molecule has 0 saturated carbocycles. The summed E-state index contributed by atoms with van der Waals surface area (Å²) in [4.78, 5) is 26.3. The molecule has 0 aromatic heterocycles. The van der Waals surface area contributed by atoms with Crippen molar-refractivity contribution in [1.82, 2.24) is 4.90 Å². The largest absolute Gasteiger partial charge is 0.508 e. The SMILES string of the molecule is CCOC(=O)C1=C(Cc2cccc(O)c2)CN(C(=O)OC(C)(C)C)CC1. The van der Waals surface area contributed by atoms with Crippen LogP contribution in [0.25, 0.3) is 0 Å². The fourth-order valence-corrected chi connectivity index (χ4v) is 2.85. The molecule has 1 aliphatic rings. The molecule has 0 aliphatic carbocycles. The monoisotopic (exact) mass is 361 g/mol. The van der Waals surface area contributed by atoms with Crippen molar-refractivity contribution in [1.29, 1.82) is 0 Å². The molecule has 2 rings (SSSR count). The van der Waals surface area contributed by atoms with Gasteiger partial charge in [-0.1, -0.05) is 12.1 Å². The van der Waals surface area contributed by atoms with Crippen molar-refractivity contribution in [2.45, 2.75) is 46.1 Å². The zero-order valence-electron chi connectivity index (χ0n) is 15.9. The van der Waals surface area contributed by atoms with Crippen LogP contribution >= 0.6 is 0 Å². The summed E-state index contributed by atoms with van der Waals surface area (Å²) in [6, 6.07) is 6.88. The van der Waals surface area contributed by atoms with Gasteiger partial charge in [0.15, 0.2) is 0 Å². The highest BCUT2D eigenvalue weighted by molar-refractivity contribution is 5.90. The van der Waals surface area contributed by atoms with Crippen molar-refractivity contribution in [3.63, 3.8) is 0 Å². The predicted octanol–water partition coefficient (Wildman–Crippen LogP) is 3.44. The minimum atomic E-state index is -0.576. The smallest absolute Gasteiger partial charge is 0.410 e. The normalized spacial score (nSPS) is 15.0. The van der Waals surface area contributed by atoms with Crippen LogP contribution < -0.4 is 0 Å². The van der Waals surface area contributed by atoms with Crippen molar-refractivity contribution >= 4 is 12.1 Å². The number of ether oxygens (including phenoxy) is 2. The summed E-state index contributed by atoms with van der Waals surface area (Å²) in [7, 11) is 0. The lowest BCUT2D eigenvalue weighted by molar-refractivity contribution is -0.139. The first kappa shape index (κ1) is 19.8. The minimum absolute atomic E-state index is 0.167. The number of rotatable bonds is 4. The van der Waals surface area contributed by atoms with E-state index in [0.29, 0.717) is 38.1 Å². The number of phenols is 1. The van der Waals surface area contributed by atoms with Gasteiger partial charge in [0, 0.05) is 18.7 Å². The summed E-state index contributed by atoms with van der Waals surface area (Å²) in [6.45, 7) is 8.25. The molecule has 0 spiro atoms. The van der Waals surface area contributed by atoms with Crippen molar-refractivity contribution in [3.05, 3.63) is 41.0 Å². The molecule has 1 amide bonds. The third kappa shape index (κ3) is 5.51. The average molecular weight is 361 g/mol. The van der Waals surface area contributed by atoms with E-state index in [4.69, 9.17) is 9.47 Å². The van der Waals surface area contributed by atoms with E-state index in [0.717, 1.165) is 11.1 Å². The third-order valence-corrected chi connectivity index (χ3v) is 3.94. The second-order valence-corrected chi connectivity index (χ2v) is 7.30. The highest BCUT2D eigenvalue weighted by Gasteiger charge is 2.29. The standard InChI is InChI=1S/C20H27NO5/c1-5-25-18(23)17-9-10-21(19(24)26-20(2,3)4)13-15(17)11-14-7-6-8-16(22)12-14/h6-8,12,22H,5,9-11,13H2,1-4H3. The van der Waals surface area contributed by atoms with Crippen LogP contribution in [0.2, 0.25) is 0 Å². The van der Waals surface area contributed by atoms with E-state index in [-0.39, 0.29) is 11.7 Å². The Morgan fingerprint density at radius 1 is 1.27 bits per heavy atom. The average Bonchev–Trinajstić information content (AvgIpc) is 2.53. The number of carbonyl (C=O) groups is 2. The van der Waals surface area contributed by atoms with Crippen LogP contribution in [-0.4, -0.2) is 47.4 Å². The van der Waals surface area contributed by atoms with E-state index >= 15 is 0 Å². The Bertz CT molecular complexity index is 702. The number of carbonyl (C=O) groups excluding carboxylic acids is 2. The van der Waals surface area contributed by atoms with Gasteiger partial charge < -0.3 is 19.5 Å². The van der Waals surface area contributed by atoms with Crippen LogP contribution in [0.15, 0.2) is 35.4 Å². The molecule has 1 heterocycles. The Morgan fingerprint density at radius 2 is 2.00 bits per heavy atom. The summed E-state index contributed by atoms with van der Waals surface area (Å²) >= 11 is 0. The van der Waals surface area contributed by atoms with Crippen LogP contribution in [0, 0.1) is 0 Å². The second kappa shape index (κ2) is 8.25. The van der Waals surface area contributed by atoms with E-state index in [1.54, 1.807) is 30.0 Å². The van der Waals surface area contributed by atoms with E-state index < -0.39 is 11.7 Å². The van der Waals surface area contributed by atoms with Gasteiger partial charge in [-0.25, -0.2) is 9.59 Å². The number of nitrogens with zero attached hydrogens (tertiary/aromatic N) is 1. The molecule has 0 fully saturated rings. The maximum absolute atomic E-state index is 12.4. The number of phenolic OH excluding ortho intramolecular Hbond substituents is 1. The molecule has 1 aromatic carbocycles. The van der Waals surface area contributed by atoms with Crippen LogP contribution in [0.5, 0.6) is 5.75 Å². The van der Waals surface area contributed by atoms with Gasteiger partial charge in [-0.2, -0.15) is 0 Å². The van der Waals surface area contributed by atoms with Crippen LogP contribution in [-0.2, 0) is 20.7 Å². The Labute approximate surface area is 154 Å². The molecule has 0 saturated heterocycles. The molecule has 1 aromatic rings. The van der Waals surface area contributed by atoms with Crippen LogP contribution in [0.4, 0.5) is 4.79 Å². The summed E-state index contributed by atoms with van der Waals surface area (Å²) < 4.78 is 10.6. The summed E-state index contributed by atoms with van der Waals surface area (Å²) in [5.74, 6) is -0.174. The number of amides is 1. The third-order valence-electron chi connectivity index (χ3n) is 3.94. The van der Waals surface area contributed by atoms with Gasteiger partial charge in [-0.3, -0.25) is 0 Å². The van der Waals surface area contributed by atoms with Gasteiger partial charge in [-0.15, -0.1) is 0 Å². The van der Waals surface area contributed by atoms with E-state index in [1.807, 2.05) is 26.8 Å². The van der Waals surface area contributed by atoms with E-state index in [2.05, 4.69) is 0 Å². The molecular formula is C20H27NO5. The summed E-state index contributed by atoms with van der Waals surface area (Å²) in [6.07, 6.45) is 0.488. The first-order valence-corrected chi connectivity index (χ1v) is 8.83. The molecule has 6 heteroatoms. The van der Waals surface area contributed by atoms with Crippen molar-refractivity contribution in [2.75, 3.05) is 19.7 Å². The maximum atomic E-state index is 12.4. The molecule has 0 radical (unpaired) electrons.